The van der Waals surface area contributed by atoms with Gasteiger partial charge in [0.2, 0.25) is 11.7 Å². The van der Waals surface area contributed by atoms with Crippen molar-refractivity contribution in [2.45, 2.75) is 6.42 Å². The fourth-order valence-corrected chi connectivity index (χ4v) is 2.78. The van der Waals surface area contributed by atoms with Crippen LogP contribution in [0.2, 0.25) is 0 Å². The summed E-state index contributed by atoms with van der Waals surface area (Å²) in [6.07, 6.45) is 7.00. The lowest BCUT2D eigenvalue weighted by atomic mass is 10.3. The van der Waals surface area contributed by atoms with Gasteiger partial charge in [0.15, 0.2) is 5.82 Å². The normalized spacial score (nSPS) is 10.6. The Morgan fingerprint density at radius 2 is 1.76 bits per heavy atom. The summed E-state index contributed by atoms with van der Waals surface area (Å²) in [4.78, 5) is 40.7. The van der Waals surface area contributed by atoms with Crippen LogP contribution in [0.4, 0.5) is 11.5 Å². The van der Waals surface area contributed by atoms with Crippen LogP contribution in [-0.4, -0.2) is 43.0 Å². The minimum absolute atomic E-state index is 0.0816. The molecule has 3 aromatic rings. The fraction of sp³-hybridized carbons (Fsp3) is 0.263. The quantitative estimate of drug-likeness (QED) is 0.554. The largest absolute Gasteiger partial charge is 0.355 e. The van der Waals surface area contributed by atoms with Crippen LogP contribution in [0.25, 0.3) is 0 Å². The van der Waals surface area contributed by atoms with Crippen LogP contribution in [0.15, 0.2) is 43.0 Å². The Hall–Kier alpha value is -3.82. The number of nitrogens with one attached hydrogen (secondary N) is 3. The molecule has 10 nitrogen and oxygen atoms in total. The van der Waals surface area contributed by atoms with Gasteiger partial charge in [0.1, 0.15) is 5.69 Å². The molecule has 0 saturated carbocycles. The number of nitrogens with zero attached hydrogens (tertiary/aromatic N) is 4. The van der Waals surface area contributed by atoms with Gasteiger partial charge in [0.25, 0.3) is 11.8 Å². The van der Waals surface area contributed by atoms with Gasteiger partial charge in [-0.05, 0) is 18.2 Å². The summed E-state index contributed by atoms with van der Waals surface area (Å²) in [6, 6.07) is 5.24. The fourth-order valence-electron chi connectivity index (χ4n) is 2.78. The number of hydrogen-bond donors (Lipinski definition) is 3. The molecule has 3 aromatic heterocycles. The number of rotatable bonds is 7. The predicted octanol–water partition coefficient (Wildman–Crippen LogP) is 1.11. The van der Waals surface area contributed by atoms with E-state index in [0.717, 1.165) is 0 Å². The van der Waals surface area contributed by atoms with E-state index >= 15 is 0 Å². The lowest BCUT2D eigenvalue weighted by Crippen LogP contribution is -2.29. The second kappa shape index (κ2) is 8.46. The molecule has 0 spiro atoms. The van der Waals surface area contributed by atoms with Crippen molar-refractivity contribution in [3.05, 3.63) is 54.5 Å². The van der Waals surface area contributed by atoms with Crippen molar-refractivity contribution in [1.82, 2.24) is 24.0 Å². The molecule has 0 aliphatic heterocycles. The second-order valence-corrected chi connectivity index (χ2v) is 6.64. The van der Waals surface area contributed by atoms with Crippen molar-refractivity contribution >= 4 is 29.2 Å². The zero-order valence-electron chi connectivity index (χ0n) is 16.5. The Balaban J connectivity index is 1.50. The van der Waals surface area contributed by atoms with Crippen LogP contribution in [0.1, 0.15) is 27.5 Å². The van der Waals surface area contributed by atoms with Crippen LogP contribution in [-0.2, 0) is 25.9 Å². The topological polar surface area (TPSA) is 115 Å². The summed E-state index contributed by atoms with van der Waals surface area (Å²) in [5.74, 6) is -0.507. The third kappa shape index (κ3) is 4.92. The van der Waals surface area contributed by atoms with Gasteiger partial charge in [0, 0.05) is 58.9 Å². The number of carbonyl (C=O) groups is 3. The Bertz CT molecular complexity index is 1040. The van der Waals surface area contributed by atoms with Gasteiger partial charge in [-0.3, -0.25) is 14.4 Å². The van der Waals surface area contributed by atoms with Gasteiger partial charge in [-0.2, -0.15) is 0 Å². The highest BCUT2D eigenvalue weighted by Gasteiger charge is 2.16. The van der Waals surface area contributed by atoms with E-state index in [4.69, 9.17) is 0 Å². The van der Waals surface area contributed by atoms with Crippen molar-refractivity contribution in [1.29, 1.82) is 0 Å². The standard InChI is InChI=1S/C19H23N7O3/c1-24-10-7-13(11-24)21-19(29)17-23-15(12-26(17)3)22-16(27)6-8-20-18(28)14-5-4-9-25(14)2/h4-5,7,9-12H,6,8H2,1-3H3,(H,20,28)(H,21,29)(H,22,27). The predicted molar refractivity (Wildman–Crippen MR) is 108 cm³/mol. The number of anilines is 2. The van der Waals surface area contributed by atoms with Gasteiger partial charge in [-0.1, -0.05) is 0 Å². The maximum Gasteiger partial charge on any atom is 0.291 e. The number of carbonyl (C=O) groups excluding carboxylic acids is 3. The van der Waals surface area contributed by atoms with Crippen LogP contribution in [0, 0.1) is 0 Å². The Labute approximate surface area is 167 Å². The Morgan fingerprint density at radius 3 is 2.41 bits per heavy atom. The van der Waals surface area contributed by atoms with Crippen molar-refractivity contribution in [2.24, 2.45) is 21.1 Å². The van der Waals surface area contributed by atoms with Crippen LogP contribution >= 0.6 is 0 Å². The van der Waals surface area contributed by atoms with Gasteiger partial charge in [-0.15, -0.1) is 0 Å². The zero-order valence-corrected chi connectivity index (χ0v) is 16.5. The van der Waals surface area contributed by atoms with E-state index in [-0.39, 0.29) is 42.3 Å². The molecule has 3 N–H and O–H groups in total. The van der Waals surface area contributed by atoms with Gasteiger partial charge in [-0.25, -0.2) is 4.98 Å². The molecule has 0 radical (unpaired) electrons. The molecule has 0 aliphatic carbocycles. The second-order valence-electron chi connectivity index (χ2n) is 6.64. The molecule has 152 valence electrons. The lowest BCUT2D eigenvalue weighted by molar-refractivity contribution is -0.116. The molecule has 3 amide bonds. The highest BCUT2D eigenvalue weighted by molar-refractivity contribution is 6.02. The van der Waals surface area contributed by atoms with Crippen molar-refractivity contribution in [3.63, 3.8) is 0 Å². The summed E-state index contributed by atoms with van der Waals surface area (Å²) >= 11 is 0. The number of imidazole rings is 1. The molecular formula is C19H23N7O3. The SMILES string of the molecule is Cn1ccc(NC(=O)c2nc(NC(=O)CCNC(=O)c3cccn3C)cn2C)c1. The number of aryl methyl sites for hydroxylation is 3. The van der Waals surface area contributed by atoms with Crippen LogP contribution < -0.4 is 16.0 Å². The highest BCUT2D eigenvalue weighted by Crippen LogP contribution is 2.12. The number of amides is 3. The van der Waals surface area contributed by atoms with E-state index in [2.05, 4.69) is 20.9 Å². The van der Waals surface area contributed by atoms with Crippen molar-refractivity contribution in [2.75, 3.05) is 17.2 Å². The number of hydrogen-bond acceptors (Lipinski definition) is 4. The summed E-state index contributed by atoms with van der Waals surface area (Å²) in [6.45, 7) is 0.185. The summed E-state index contributed by atoms with van der Waals surface area (Å²) in [5, 5.41) is 8.07. The smallest absolute Gasteiger partial charge is 0.291 e. The average Bonchev–Trinajstić information content (AvgIpc) is 3.35. The molecule has 0 unspecified atom stereocenters. The molecule has 0 atom stereocenters. The third-order valence-corrected chi connectivity index (χ3v) is 4.25. The van der Waals surface area contributed by atoms with Crippen LogP contribution in [0.3, 0.4) is 0 Å². The van der Waals surface area contributed by atoms with Crippen LogP contribution in [0.5, 0.6) is 0 Å². The maximum absolute atomic E-state index is 12.4. The monoisotopic (exact) mass is 397 g/mol. The molecule has 10 heteroatoms. The molecule has 0 aliphatic rings. The van der Waals surface area contributed by atoms with Gasteiger partial charge >= 0.3 is 0 Å². The first-order chi connectivity index (χ1) is 13.8. The molecule has 0 aromatic carbocycles. The lowest BCUT2D eigenvalue weighted by Gasteiger charge is -2.06. The van der Waals surface area contributed by atoms with Gasteiger partial charge < -0.3 is 29.7 Å². The molecule has 29 heavy (non-hydrogen) atoms. The van der Waals surface area contributed by atoms with Crippen molar-refractivity contribution in [3.8, 4) is 0 Å². The Morgan fingerprint density at radius 1 is 0.966 bits per heavy atom. The summed E-state index contributed by atoms with van der Waals surface area (Å²) < 4.78 is 5.05. The van der Waals surface area contributed by atoms with E-state index in [1.807, 2.05) is 17.8 Å². The first-order valence-corrected chi connectivity index (χ1v) is 8.99. The Kier molecular flexibility index (Phi) is 5.82. The third-order valence-electron chi connectivity index (χ3n) is 4.25. The highest BCUT2D eigenvalue weighted by atomic mass is 16.2. The molecule has 3 heterocycles. The summed E-state index contributed by atoms with van der Waals surface area (Å²) in [7, 11) is 5.29. The van der Waals surface area contributed by atoms with E-state index in [1.165, 1.54) is 4.57 Å². The summed E-state index contributed by atoms with van der Waals surface area (Å²) in [5.41, 5.74) is 1.17. The van der Waals surface area contributed by atoms with E-state index < -0.39 is 0 Å². The minimum atomic E-state index is -0.381. The van der Waals surface area contributed by atoms with Gasteiger partial charge in [0.05, 0.1) is 5.69 Å². The molecule has 0 fully saturated rings. The zero-order chi connectivity index (χ0) is 21.0. The van der Waals surface area contributed by atoms with E-state index in [9.17, 15) is 14.4 Å². The molecule has 3 rings (SSSR count). The molecule has 0 bridgehead atoms. The minimum Gasteiger partial charge on any atom is -0.355 e. The first kappa shape index (κ1) is 19.9. The first-order valence-electron chi connectivity index (χ1n) is 8.99. The molecule has 0 saturated heterocycles. The maximum atomic E-state index is 12.4. The van der Waals surface area contributed by atoms with Crippen molar-refractivity contribution < 1.29 is 14.4 Å². The average molecular weight is 397 g/mol. The number of aromatic nitrogens is 4. The van der Waals surface area contributed by atoms with E-state index in [1.54, 1.807) is 55.5 Å². The van der Waals surface area contributed by atoms with E-state index in [0.29, 0.717) is 11.4 Å². The molecular weight excluding hydrogens is 374 g/mol.